The fraction of sp³-hybridized carbons (Fsp3) is 0.219. The second kappa shape index (κ2) is 11.3. The first-order valence-corrected chi connectivity index (χ1v) is 12.7. The van der Waals surface area contributed by atoms with Crippen LogP contribution in [0, 0.1) is 0 Å². The molecule has 1 aliphatic heterocycles. The van der Waals surface area contributed by atoms with Gasteiger partial charge in [0.25, 0.3) is 0 Å². The third kappa shape index (κ3) is 5.68. The summed E-state index contributed by atoms with van der Waals surface area (Å²) >= 11 is 0. The molecule has 0 aliphatic carbocycles. The zero-order valence-electron chi connectivity index (χ0n) is 21.1. The van der Waals surface area contributed by atoms with Crippen molar-refractivity contribution in [2.24, 2.45) is 0 Å². The molecule has 188 valence electrons. The predicted octanol–water partition coefficient (Wildman–Crippen LogP) is 5.69. The van der Waals surface area contributed by atoms with Crippen molar-refractivity contribution in [1.29, 1.82) is 0 Å². The molecule has 0 aromatic heterocycles. The number of piperazine rings is 1. The Morgan fingerprint density at radius 3 is 1.86 bits per heavy atom. The van der Waals surface area contributed by atoms with E-state index in [0.717, 1.165) is 23.2 Å². The average molecular weight is 493 g/mol. The van der Waals surface area contributed by atoms with Gasteiger partial charge in [-0.1, -0.05) is 97.1 Å². The molecule has 0 bridgehead atoms. The monoisotopic (exact) mass is 492 g/mol. The Hall–Kier alpha value is -4.09. The predicted molar refractivity (Wildman–Crippen MR) is 145 cm³/mol. The molecule has 1 aliphatic rings. The van der Waals surface area contributed by atoms with Gasteiger partial charge in [-0.05, 0) is 41.3 Å². The molecule has 1 atom stereocenters. The van der Waals surface area contributed by atoms with Crippen molar-refractivity contribution in [3.05, 3.63) is 131 Å². The summed E-state index contributed by atoms with van der Waals surface area (Å²) in [6.45, 7) is 4.88. The highest BCUT2D eigenvalue weighted by Crippen LogP contribution is 2.38. The van der Waals surface area contributed by atoms with Crippen LogP contribution >= 0.6 is 0 Å². The van der Waals surface area contributed by atoms with Gasteiger partial charge in [-0.25, -0.2) is 0 Å². The molecular formula is C32H32N2O3. The van der Waals surface area contributed by atoms with E-state index < -0.39 is 5.54 Å². The second-order valence-corrected chi connectivity index (χ2v) is 9.45. The molecule has 0 spiro atoms. The molecule has 1 amide bonds. The van der Waals surface area contributed by atoms with Gasteiger partial charge in [0, 0.05) is 19.6 Å². The van der Waals surface area contributed by atoms with Crippen molar-refractivity contribution in [3.8, 4) is 11.5 Å². The lowest BCUT2D eigenvalue weighted by atomic mass is 9.86. The molecule has 1 N–H and O–H groups in total. The number of benzene rings is 4. The van der Waals surface area contributed by atoms with Gasteiger partial charge in [0.2, 0.25) is 5.91 Å². The van der Waals surface area contributed by atoms with Gasteiger partial charge in [0.05, 0.1) is 0 Å². The van der Waals surface area contributed by atoms with Gasteiger partial charge in [0.15, 0.2) is 11.5 Å². The molecule has 5 heteroatoms. The fourth-order valence-corrected chi connectivity index (χ4v) is 4.71. The Kier molecular flexibility index (Phi) is 7.52. The van der Waals surface area contributed by atoms with E-state index in [0.29, 0.717) is 37.8 Å². The lowest BCUT2D eigenvalue weighted by Gasteiger charge is -2.44. The maximum absolute atomic E-state index is 13.4. The third-order valence-corrected chi connectivity index (χ3v) is 6.94. The van der Waals surface area contributed by atoms with E-state index in [2.05, 4.69) is 22.3 Å². The Labute approximate surface area is 218 Å². The van der Waals surface area contributed by atoms with Crippen LogP contribution in [0.3, 0.4) is 0 Å². The Morgan fingerprint density at radius 1 is 0.730 bits per heavy atom. The lowest BCUT2D eigenvalue weighted by Crippen LogP contribution is -2.60. The van der Waals surface area contributed by atoms with Gasteiger partial charge in [-0.15, -0.1) is 0 Å². The summed E-state index contributed by atoms with van der Waals surface area (Å²) < 4.78 is 12.5. The lowest BCUT2D eigenvalue weighted by molar-refractivity contribution is -0.137. The molecule has 0 saturated carbocycles. The molecule has 5 nitrogen and oxygen atoms in total. The van der Waals surface area contributed by atoms with E-state index in [1.54, 1.807) is 0 Å². The smallest absolute Gasteiger partial charge is 0.244 e. The quantitative estimate of drug-likeness (QED) is 0.326. The van der Waals surface area contributed by atoms with Crippen molar-refractivity contribution < 1.29 is 14.3 Å². The maximum Gasteiger partial charge on any atom is 0.244 e. The van der Waals surface area contributed by atoms with E-state index >= 15 is 0 Å². The number of hydrogen-bond acceptors (Lipinski definition) is 4. The van der Waals surface area contributed by atoms with E-state index in [9.17, 15) is 4.79 Å². The standard InChI is InChI=1S/C32H32N2O3/c1-32(31(35)33-19-20-34(32)22-25-11-5-2-6-12-25)28-17-18-29(36-23-26-13-7-3-8-14-26)30(21-28)37-24-27-15-9-4-10-16-27/h2-18,21H,19-20,22-24H2,1H3,(H,33,35). The molecule has 1 unspecified atom stereocenters. The molecule has 37 heavy (non-hydrogen) atoms. The Morgan fingerprint density at radius 2 is 1.27 bits per heavy atom. The van der Waals surface area contributed by atoms with Crippen LogP contribution in [0.4, 0.5) is 0 Å². The number of ether oxygens (including phenoxy) is 2. The summed E-state index contributed by atoms with van der Waals surface area (Å²) in [4.78, 5) is 15.6. The molecule has 4 aromatic carbocycles. The summed E-state index contributed by atoms with van der Waals surface area (Å²) in [5.74, 6) is 1.26. The minimum atomic E-state index is -0.850. The largest absolute Gasteiger partial charge is 0.485 e. The zero-order valence-corrected chi connectivity index (χ0v) is 21.1. The first kappa shape index (κ1) is 24.6. The van der Waals surface area contributed by atoms with Gasteiger partial charge in [-0.2, -0.15) is 0 Å². The second-order valence-electron chi connectivity index (χ2n) is 9.45. The van der Waals surface area contributed by atoms with Gasteiger partial charge in [-0.3, -0.25) is 9.69 Å². The maximum atomic E-state index is 13.4. The van der Waals surface area contributed by atoms with Crippen molar-refractivity contribution in [2.45, 2.75) is 32.2 Å². The van der Waals surface area contributed by atoms with E-state index in [-0.39, 0.29) is 5.91 Å². The molecule has 1 saturated heterocycles. The van der Waals surface area contributed by atoms with Crippen molar-refractivity contribution in [2.75, 3.05) is 13.1 Å². The highest BCUT2D eigenvalue weighted by atomic mass is 16.5. The SMILES string of the molecule is CC1(c2ccc(OCc3ccccc3)c(OCc3ccccc3)c2)C(=O)NCCN1Cc1ccccc1. The Balaban J connectivity index is 1.46. The molecule has 1 heterocycles. The number of carbonyl (C=O) groups excluding carboxylic acids is 1. The van der Waals surface area contributed by atoms with Crippen LogP contribution in [0.2, 0.25) is 0 Å². The van der Waals surface area contributed by atoms with Crippen molar-refractivity contribution in [1.82, 2.24) is 10.2 Å². The van der Waals surface area contributed by atoms with E-state index in [1.165, 1.54) is 5.56 Å². The minimum absolute atomic E-state index is 0.0124. The van der Waals surface area contributed by atoms with Crippen molar-refractivity contribution in [3.63, 3.8) is 0 Å². The number of rotatable bonds is 9. The molecular weight excluding hydrogens is 460 g/mol. The first-order valence-electron chi connectivity index (χ1n) is 12.7. The molecule has 1 fully saturated rings. The van der Waals surface area contributed by atoms with Gasteiger partial charge in [0.1, 0.15) is 18.8 Å². The normalized spacial score (nSPS) is 17.7. The summed E-state index contributed by atoms with van der Waals surface area (Å²) in [7, 11) is 0. The highest BCUT2D eigenvalue weighted by molar-refractivity contribution is 5.88. The van der Waals surface area contributed by atoms with Crippen molar-refractivity contribution >= 4 is 5.91 Å². The molecule has 5 rings (SSSR count). The van der Waals surface area contributed by atoms with Crippen LogP contribution in [0.5, 0.6) is 11.5 Å². The Bertz CT molecular complexity index is 1310. The number of nitrogens with zero attached hydrogens (tertiary/aromatic N) is 1. The summed E-state index contributed by atoms with van der Waals surface area (Å²) in [6, 6.07) is 36.3. The van der Waals surface area contributed by atoms with Crippen LogP contribution in [0.25, 0.3) is 0 Å². The summed E-state index contributed by atoms with van der Waals surface area (Å²) in [6.07, 6.45) is 0. The first-order chi connectivity index (χ1) is 18.1. The number of carbonyl (C=O) groups is 1. The van der Waals surface area contributed by atoms with Crippen LogP contribution in [-0.4, -0.2) is 23.9 Å². The van der Waals surface area contributed by atoms with Gasteiger partial charge >= 0.3 is 0 Å². The average Bonchev–Trinajstić information content (AvgIpc) is 2.95. The number of nitrogens with one attached hydrogen (secondary N) is 1. The highest BCUT2D eigenvalue weighted by Gasteiger charge is 2.44. The van der Waals surface area contributed by atoms with Crippen LogP contribution < -0.4 is 14.8 Å². The van der Waals surface area contributed by atoms with Crippen LogP contribution in [-0.2, 0) is 30.1 Å². The van der Waals surface area contributed by atoms with E-state index in [4.69, 9.17) is 9.47 Å². The van der Waals surface area contributed by atoms with Crippen LogP contribution in [0.1, 0.15) is 29.2 Å². The molecule has 0 radical (unpaired) electrons. The van der Waals surface area contributed by atoms with Crippen LogP contribution in [0.15, 0.2) is 109 Å². The minimum Gasteiger partial charge on any atom is -0.485 e. The summed E-state index contributed by atoms with van der Waals surface area (Å²) in [5.41, 5.74) is 3.33. The summed E-state index contributed by atoms with van der Waals surface area (Å²) in [5, 5.41) is 3.07. The molecule has 4 aromatic rings. The fourth-order valence-electron chi connectivity index (χ4n) is 4.71. The number of amides is 1. The van der Waals surface area contributed by atoms with E-state index in [1.807, 2.05) is 104 Å². The third-order valence-electron chi connectivity index (χ3n) is 6.94. The zero-order chi connectivity index (χ0) is 25.5. The number of hydrogen-bond donors (Lipinski definition) is 1. The van der Waals surface area contributed by atoms with Gasteiger partial charge < -0.3 is 14.8 Å². The topological polar surface area (TPSA) is 50.8 Å².